The Bertz CT molecular complexity index is 732. The summed E-state index contributed by atoms with van der Waals surface area (Å²) in [5.41, 5.74) is 4.55. The van der Waals surface area contributed by atoms with Crippen molar-refractivity contribution in [3.05, 3.63) is 54.1 Å². The second-order valence-electron chi connectivity index (χ2n) is 6.00. The van der Waals surface area contributed by atoms with Gasteiger partial charge in [-0.2, -0.15) is 5.10 Å². The average molecular weight is 386 g/mol. The molecule has 2 rings (SSSR count). The molecular weight excluding hydrogens is 358 g/mol. The number of rotatable bonds is 10. The lowest BCUT2D eigenvalue weighted by atomic mass is 10.2. The summed E-state index contributed by atoms with van der Waals surface area (Å²) in [6.07, 6.45) is 6.52. The molecule has 0 unspecified atom stereocenters. The molecule has 2 aromatic rings. The van der Waals surface area contributed by atoms with Crippen LogP contribution in [-0.2, 0) is 0 Å². The lowest BCUT2D eigenvalue weighted by molar-refractivity contribution is 0.305. The third-order valence-corrected chi connectivity index (χ3v) is 4.07. The molecule has 0 saturated heterocycles. The first-order chi connectivity index (χ1) is 13.2. The van der Waals surface area contributed by atoms with Crippen molar-refractivity contribution >= 4 is 29.2 Å². The van der Waals surface area contributed by atoms with Crippen LogP contribution in [0.4, 0.5) is 5.69 Å². The van der Waals surface area contributed by atoms with Gasteiger partial charge in [-0.15, -0.1) is 0 Å². The highest BCUT2D eigenvalue weighted by Crippen LogP contribution is 2.22. The van der Waals surface area contributed by atoms with Gasteiger partial charge in [0.2, 0.25) is 0 Å². The van der Waals surface area contributed by atoms with Crippen molar-refractivity contribution in [1.29, 1.82) is 0 Å². The minimum Gasteiger partial charge on any atom is -0.495 e. The zero-order chi connectivity index (χ0) is 19.3. The van der Waals surface area contributed by atoms with Crippen LogP contribution in [-0.4, -0.2) is 25.0 Å². The Kier molecular flexibility index (Phi) is 9.13. The molecule has 0 amide bonds. The second-order valence-corrected chi connectivity index (χ2v) is 6.41. The van der Waals surface area contributed by atoms with E-state index in [9.17, 15) is 0 Å². The third kappa shape index (κ3) is 7.66. The highest BCUT2D eigenvalue weighted by Gasteiger charge is 2.02. The van der Waals surface area contributed by atoms with E-state index in [0.717, 1.165) is 35.8 Å². The number of hydrazone groups is 1. The summed E-state index contributed by atoms with van der Waals surface area (Å²) in [6.45, 7) is 2.97. The van der Waals surface area contributed by atoms with Gasteiger partial charge in [0.25, 0.3) is 0 Å². The minimum atomic E-state index is 0.391. The lowest BCUT2D eigenvalue weighted by Crippen LogP contribution is -2.24. The molecule has 0 fully saturated rings. The van der Waals surface area contributed by atoms with Gasteiger partial charge in [-0.1, -0.05) is 38.3 Å². The molecule has 0 bridgehead atoms. The van der Waals surface area contributed by atoms with Crippen LogP contribution in [0.2, 0.25) is 0 Å². The van der Waals surface area contributed by atoms with Crippen molar-refractivity contribution < 1.29 is 9.47 Å². The van der Waals surface area contributed by atoms with Crippen LogP contribution in [0.25, 0.3) is 0 Å². The highest BCUT2D eigenvalue weighted by atomic mass is 32.1. The molecule has 0 atom stereocenters. The van der Waals surface area contributed by atoms with Gasteiger partial charge < -0.3 is 14.8 Å². The largest absolute Gasteiger partial charge is 0.495 e. The minimum absolute atomic E-state index is 0.391. The molecule has 0 heterocycles. The number of unbranched alkanes of at least 4 members (excludes halogenated alkanes) is 3. The number of ether oxygens (including phenoxy) is 2. The van der Waals surface area contributed by atoms with Crippen molar-refractivity contribution in [2.45, 2.75) is 32.6 Å². The first-order valence-corrected chi connectivity index (χ1v) is 9.59. The van der Waals surface area contributed by atoms with Crippen LogP contribution in [0, 0.1) is 0 Å². The molecule has 0 aliphatic heterocycles. The monoisotopic (exact) mass is 385 g/mol. The van der Waals surface area contributed by atoms with Gasteiger partial charge in [0.1, 0.15) is 11.5 Å². The smallest absolute Gasteiger partial charge is 0.191 e. The van der Waals surface area contributed by atoms with Gasteiger partial charge >= 0.3 is 0 Å². The van der Waals surface area contributed by atoms with E-state index in [1.54, 1.807) is 13.3 Å². The van der Waals surface area contributed by atoms with Crippen molar-refractivity contribution in [1.82, 2.24) is 5.43 Å². The van der Waals surface area contributed by atoms with Gasteiger partial charge in [-0.3, -0.25) is 5.43 Å². The van der Waals surface area contributed by atoms with Crippen molar-refractivity contribution in [3.63, 3.8) is 0 Å². The molecule has 0 saturated carbocycles. The quantitative estimate of drug-likeness (QED) is 0.262. The van der Waals surface area contributed by atoms with Gasteiger partial charge in [0, 0.05) is 0 Å². The van der Waals surface area contributed by atoms with Crippen LogP contribution >= 0.6 is 12.2 Å². The molecule has 0 aliphatic carbocycles. The Labute approximate surface area is 166 Å². The Morgan fingerprint density at radius 3 is 2.59 bits per heavy atom. The zero-order valence-electron chi connectivity index (χ0n) is 15.9. The number of hydrogen-bond acceptors (Lipinski definition) is 4. The fraction of sp³-hybridized carbons (Fsp3) is 0.333. The number of thiocarbonyl (C=S) groups is 1. The standard InChI is InChI=1S/C21H27N3O2S/c1-3-4-5-8-15-26-18-13-11-17(12-14-18)16-22-24-21(27)23-19-9-6-7-10-20(19)25-2/h6-7,9-14,16H,3-5,8,15H2,1-2H3,(H2,23,24,27)/b22-16-. The van der Waals surface area contributed by atoms with E-state index >= 15 is 0 Å². The maximum Gasteiger partial charge on any atom is 0.191 e. The number of benzene rings is 2. The number of anilines is 1. The Hall–Kier alpha value is -2.60. The molecule has 2 N–H and O–H groups in total. The Balaban J connectivity index is 1.76. The second kappa shape index (κ2) is 11.9. The first-order valence-electron chi connectivity index (χ1n) is 9.19. The first kappa shape index (κ1) is 20.7. The van der Waals surface area contributed by atoms with Crippen molar-refractivity contribution in [2.24, 2.45) is 5.10 Å². The summed E-state index contributed by atoms with van der Waals surface area (Å²) < 4.78 is 11.0. The van der Waals surface area contributed by atoms with Gasteiger partial charge in [0.05, 0.1) is 25.6 Å². The molecule has 2 aromatic carbocycles. The van der Waals surface area contributed by atoms with E-state index < -0.39 is 0 Å². The lowest BCUT2D eigenvalue weighted by Gasteiger charge is -2.10. The molecular formula is C21H27N3O2S. The summed E-state index contributed by atoms with van der Waals surface area (Å²) >= 11 is 5.25. The third-order valence-electron chi connectivity index (χ3n) is 3.88. The fourth-order valence-corrected chi connectivity index (χ4v) is 2.60. The highest BCUT2D eigenvalue weighted by molar-refractivity contribution is 7.80. The number of para-hydroxylation sites is 2. The van der Waals surface area contributed by atoms with Crippen LogP contribution in [0.3, 0.4) is 0 Å². The van der Waals surface area contributed by atoms with Crippen LogP contribution in [0.1, 0.15) is 38.2 Å². The maximum absolute atomic E-state index is 5.74. The zero-order valence-corrected chi connectivity index (χ0v) is 16.7. The van der Waals surface area contributed by atoms with E-state index in [1.807, 2.05) is 48.5 Å². The molecule has 0 aromatic heterocycles. The molecule has 0 radical (unpaired) electrons. The number of nitrogens with one attached hydrogen (secondary N) is 2. The van der Waals surface area contributed by atoms with E-state index in [0.29, 0.717) is 5.11 Å². The average Bonchev–Trinajstić information content (AvgIpc) is 2.69. The summed E-state index contributed by atoms with van der Waals surface area (Å²) in [4.78, 5) is 0. The van der Waals surface area contributed by atoms with E-state index in [4.69, 9.17) is 21.7 Å². The topological polar surface area (TPSA) is 54.9 Å². The summed E-state index contributed by atoms with van der Waals surface area (Å²) in [7, 11) is 1.62. The van der Waals surface area contributed by atoms with E-state index in [2.05, 4.69) is 22.8 Å². The normalized spacial score (nSPS) is 10.6. The molecule has 27 heavy (non-hydrogen) atoms. The van der Waals surface area contributed by atoms with Gasteiger partial charge in [-0.05, 0) is 60.6 Å². The predicted octanol–water partition coefficient (Wildman–Crippen LogP) is 4.97. The molecule has 144 valence electrons. The fourth-order valence-electron chi connectivity index (χ4n) is 2.43. The van der Waals surface area contributed by atoms with Crippen LogP contribution in [0.15, 0.2) is 53.6 Å². The molecule has 6 heteroatoms. The molecule has 5 nitrogen and oxygen atoms in total. The maximum atomic E-state index is 5.74. The van der Waals surface area contributed by atoms with Crippen LogP contribution in [0.5, 0.6) is 11.5 Å². The van der Waals surface area contributed by atoms with Gasteiger partial charge in [0.15, 0.2) is 5.11 Å². The van der Waals surface area contributed by atoms with Crippen molar-refractivity contribution in [3.8, 4) is 11.5 Å². The molecule has 0 aliphatic rings. The van der Waals surface area contributed by atoms with Crippen molar-refractivity contribution in [2.75, 3.05) is 19.0 Å². The Morgan fingerprint density at radius 1 is 1.07 bits per heavy atom. The number of hydrogen-bond donors (Lipinski definition) is 2. The van der Waals surface area contributed by atoms with Crippen LogP contribution < -0.4 is 20.2 Å². The van der Waals surface area contributed by atoms with Gasteiger partial charge in [-0.25, -0.2) is 0 Å². The predicted molar refractivity (Wildman–Crippen MR) is 116 cm³/mol. The van der Waals surface area contributed by atoms with E-state index in [1.165, 1.54) is 19.3 Å². The summed E-state index contributed by atoms with van der Waals surface area (Å²) in [6, 6.07) is 15.4. The summed E-state index contributed by atoms with van der Waals surface area (Å²) in [5, 5.41) is 7.61. The Morgan fingerprint density at radius 2 is 1.85 bits per heavy atom. The number of methoxy groups -OCH3 is 1. The molecule has 0 spiro atoms. The summed E-state index contributed by atoms with van der Waals surface area (Å²) in [5.74, 6) is 1.60. The SMILES string of the molecule is CCCCCCOc1ccc(/C=N\NC(=S)Nc2ccccc2OC)cc1. The van der Waals surface area contributed by atoms with E-state index in [-0.39, 0.29) is 0 Å². The number of nitrogens with zero attached hydrogens (tertiary/aromatic N) is 1.